The van der Waals surface area contributed by atoms with Crippen molar-refractivity contribution in [3.63, 3.8) is 0 Å². The first-order valence-electron chi connectivity index (χ1n) is 3.88. The molecule has 2 nitrogen and oxygen atoms in total. The highest BCUT2D eigenvalue weighted by Crippen LogP contribution is 1.96. The first kappa shape index (κ1) is 9.92. The maximum absolute atomic E-state index is 5.02. The van der Waals surface area contributed by atoms with Crippen molar-refractivity contribution >= 4 is 0 Å². The molecule has 0 N–H and O–H groups in total. The monoisotopic (exact) mass is 145 g/mol. The predicted molar refractivity (Wildman–Crippen MR) is 44.2 cm³/mol. The first-order valence-corrected chi connectivity index (χ1v) is 3.88. The van der Waals surface area contributed by atoms with Crippen LogP contribution in [0.25, 0.3) is 0 Å². The summed E-state index contributed by atoms with van der Waals surface area (Å²) in [6, 6.07) is 0. The molecule has 0 fully saturated rings. The molecule has 0 rings (SSSR count). The van der Waals surface area contributed by atoms with Gasteiger partial charge in [0.2, 0.25) is 0 Å². The van der Waals surface area contributed by atoms with Crippen LogP contribution in [-0.4, -0.2) is 38.8 Å². The summed E-state index contributed by atoms with van der Waals surface area (Å²) in [7, 11) is 3.88. The van der Waals surface area contributed by atoms with E-state index >= 15 is 0 Å². The lowest BCUT2D eigenvalue weighted by Gasteiger charge is -2.18. The van der Waals surface area contributed by atoms with Crippen molar-refractivity contribution in [1.82, 2.24) is 4.90 Å². The van der Waals surface area contributed by atoms with Crippen LogP contribution in [0.15, 0.2) is 0 Å². The quantitative estimate of drug-likeness (QED) is 0.577. The largest absolute Gasteiger partial charge is 0.384 e. The van der Waals surface area contributed by atoms with Gasteiger partial charge in [0, 0.05) is 20.3 Å². The highest BCUT2D eigenvalue weighted by Gasteiger charge is 2.02. The third-order valence-electron chi connectivity index (χ3n) is 1.61. The molecule has 0 unspecified atom stereocenters. The van der Waals surface area contributed by atoms with E-state index < -0.39 is 0 Å². The standard InChI is InChI=1S/C8H19NO/c1-5-9(3)6-8(2)7-10-4/h8H,5-7H2,1-4H3/t8-/m0/s1. The minimum atomic E-state index is 0.648. The summed E-state index contributed by atoms with van der Waals surface area (Å²) >= 11 is 0. The summed E-state index contributed by atoms with van der Waals surface area (Å²) in [5.74, 6) is 0.648. The van der Waals surface area contributed by atoms with E-state index in [4.69, 9.17) is 4.74 Å². The van der Waals surface area contributed by atoms with Gasteiger partial charge in [-0.1, -0.05) is 13.8 Å². The van der Waals surface area contributed by atoms with Gasteiger partial charge in [-0.05, 0) is 19.5 Å². The summed E-state index contributed by atoms with van der Waals surface area (Å²) in [5, 5.41) is 0. The molecule has 0 aliphatic rings. The highest BCUT2D eigenvalue weighted by atomic mass is 16.5. The summed E-state index contributed by atoms with van der Waals surface area (Å²) in [4.78, 5) is 2.30. The average molecular weight is 145 g/mol. The minimum absolute atomic E-state index is 0.648. The van der Waals surface area contributed by atoms with Gasteiger partial charge in [0.25, 0.3) is 0 Å². The van der Waals surface area contributed by atoms with Crippen LogP contribution in [-0.2, 0) is 4.74 Å². The van der Waals surface area contributed by atoms with E-state index in [2.05, 4.69) is 25.8 Å². The molecule has 62 valence electrons. The second-order valence-corrected chi connectivity index (χ2v) is 2.92. The molecule has 0 spiro atoms. The van der Waals surface area contributed by atoms with Gasteiger partial charge in [-0.25, -0.2) is 0 Å². The van der Waals surface area contributed by atoms with Crippen LogP contribution < -0.4 is 0 Å². The van der Waals surface area contributed by atoms with E-state index in [-0.39, 0.29) is 0 Å². The van der Waals surface area contributed by atoms with Crippen LogP contribution in [0.5, 0.6) is 0 Å². The Labute approximate surface area is 64.2 Å². The Hall–Kier alpha value is -0.0800. The zero-order chi connectivity index (χ0) is 7.98. The third-order valence-corrected chi connectivity index (χ3v) is 1.61. The van der Waals surface area contributed by atoms with Crippen molar-refractivity contribution < 1.29 is 4.74 Å². The number of hydrogen-bond acceptors (Lipinski definition) is 2. The normalized spacial score (nSPS) is 14.1. The number of hydrogen-bond donors (Lipinski definition) is 0. The summed E-state index contributed by atoms with van der Waals surface area (Å²) in [6.07, 6.45) is 0. The molecule has 2 heteroatoms. The van der Waals surface area contributed by atoms with E-state index in [1.165, 1.54) is 0 Å². The highest BCUT2D eigenvalue weighted by molar-refractivity contribution is 4.55. The van der Waals surface area contributed by atoms with E-state index in [1.807, 2.05) is 0 Å². The SMILES string of the molecule is CCN(C)C[C@H](C)COC. The molecule has 0 aromatic heterocycles. The Morgan fingerprint density at radius 1 is 1.50 bits per heavy atom. The smallest absolute Gasteiger partial charge is 0.0500 e. The Kier molecular flexibility index (Phi) is 5.64. The Bertz CT molecular complexity index is 75.7. The van der Waals surface area contributed by atoms with E-state index in [1.54, 1.807) is 7.11 Å². The maximum atomic E-state index is 5.02. The fraction of sp³-hybridized carbons (Fsp3) is 1.00. The van der Waals surface area contributed by atoms with Crippen LogP contribution in [0.1, 0.15) is 13.8 Å². The summed E-state index contributed by atoms with van der Waals surface area (Å²) in [5.41, 5.74) is 0. The van der Waals surface area contributed by atoms with E-state index in [9.17, 15) is 0 Å². The molecule has 0 bridgehead atoms. The lowest BCUT2D eigenvalue weighted by molar-refractivity contribution is 0.139. The molecule has 0 radical (unpaired) electrons. The molecule has 0 heterocycles. The third kappa shape index (κ3) is 4.77. The molecular weight excluding hydrogens is 126 g/mol. The van der Waals surface area contributed by atoms with Crippen molar-refractivity contribution in [1.29, 1.82) is 0 Å². The van der Waals surface area contributed by atoms with Gasteiger partial charge in [-0.2, -0.15) is 0 Å². The molecule has 0 amide bonds. The fourth-order valence-corrected chi connectivity index (χ4v) is 0.998. The molecule has 1 atom stereocenters. The maximum Gasteiger partial charge on any atom is 0.0500 e. The minimum Gasteiger partial charge on any atom is -0.384 e. The van der Waals surface area contributed by atoms with Gasteiger partial charge >= 0.3 is 0 Å². The summed E-state index contributed by atoms with van der Waals surface area (Å²) < 4.78 is 5.02. The first-order chi connectivity index (χ1) is 4.70. The van der Waals surface area contributed by atoms with E-state index in [0.29, 0.717) is 5.92 Å². The van der Waals surface area contributed by atoms with Crippen molar-refractivity contribution in [2.24, 2.45) is 5.92 Å². The number of methoxy groups -OCH3 is 1. The van der Waals surface area contributed by atoms with Gasteiger partial charge in [-0.3, -0.25) is 0 Å². The molecule has 10 heavy (non-hydrogen) atoms. The molecular formula is C8H19NO. The van der Waals surface area contributed by atoms with Crippen LogP contribution in [0.2, 0.25) is 0 Å². The van der Waals surface area contributed by atoms with Gasteiger partial charge in [0.1, 0.15) is 0 Å². The van der Waals surface area contributed by atoms with Crippen molar-refractivity contribution in [2.45, 2.75) is 13.8 Å². The topological polar surface area (TPSA) is 12.5 Å². The van der Waals surface area contributed by atoms with Crippen molar-refractivity contribution in [3.8, 4) is 0 Å². The second-order valence-electron chi connectivity index (χ2n) is 2.92. The van der Waals surface area contributed by atoms with Gasteiger partial charge in [-0.15, -0.1) is 0 Å². The zero-order valence-electron chi connectivity index (χ0n) is 7.55. The molecule has 0 aromatic carbocycles. The average Bonchev–Trinajstić information content (AvgIpc) is 1.88. The second kappa shape index (κ2) is 5.69. The molecule has 0 saturated carbocycles. The Morgan fingerprint density at radius 3 is 2.50 bits per heavy atom. The van der Waals surface area contributed by atoms with Crippen molar-refractivity contribution in [3.05, 3.63) is 0 Å². The number of rotatable bonds is 5. The van der Waals surface area contributed by atoms with Crippen LogP contribution >= 0.6 is 0 Å². The predicted octanol–water partition coefficient (Wildman–Crippen LogP) is 1.22. The van der Waals surface area contributed by atoms with Crippen LogP contribution in [0.3, 0.4) is 0 Å². The van der Waals surface area contributed by atoms with Gasteiger partial charge in [0.05, 0.1) is 0 Å². The zero-order valence-corrected chi connectivity index (χ0v) is 7.55. The molecule has 0 aliphatic carbocycles. The lowest BCUT2D eigenvalue weighted by atomic mass is 10.2. The van der Waals surface area contributed by atoms with E-state index in [0.717, 1.165) is 19.7 Å². The van der Waals surface area contributed by atoms with Crippen LogP contribution in [0.4, 0.5) is 0 Å². The number of ether oxygens (including phenoxy) is 1. The number of nitrogens with zero attached hydrogens (tertiary/aromatic N) is 1. The molecule has 0 saturated heterocycles. The summed E-state index contributed by atoms with van der Waals surface area (Å²) in [6.45, 7) is 7.48. The Morgan fingerprint density at radius 2 is 2.10 bits per heavy atom. The molecule has 0 aromatic rings. The lowest BCUT2D eigenvalue weighted by Crippen LogP contribution is -2.26. The van der Waals surface area contributed by atoms with Crippen molar-refractivity contribution in [2.75, 3.05) is 33.9 Å². The van der Waals surface area contributed by atoms with Crippen LogP contribution in [0, 0.1) is 5.92 Å². The van der Waals surface area contributed by atoms with Gasteiger partial charge < -0.3 is 9.64 Å². The Balaban J connectivity index is 3.27. The van der Waals surface area contributed by atoms with Gasteiger partial charge in [0.15, 0.2) is 0 Å². The molecule has 0 aliphatic heterocycles. The fourth-order valence-electron chi connectivity index (χ4n) is 0.998.